The van der Waals surface area contributed by atoms with Gasteiger partial charge in [-0.05, 0) is 12.5 Å². The van der Waals surface area contributed by atoms with Crippen molar-refractivity contribution in [3.8, 4) is 5.88 Å². The number of alkyl halides is 2. The van der Waals surface area contributed by atoms with Crippen LogP contribution in [0.4, 0.5) is 8.78 Å². The molecule has 1 rings (SSSR count). The van der Waals surface area contributed by atoms with E-state index in [-0.39, 0.29) is 17.0 Å². The summed E-state index contributed by atoms with van der Waals surface area (Å²) in [6.07, 6.45) is -1.63. The number of nitrogens with zero attached hydrogens (tertiary/aromatic N) is 1. The molecule has 0 fully saturated rings. The predicted octanol–water partition coefficient (Wildman–Crippen LogP) is 1.44. The fraction of sp³-hybridized carbons (Fsp3) is 0.333. The highest BCUT2D eigenvalue weighted by molar-refractivity contribution is 5.94. The zero-order chi connectivity index (χ0) is 11.6. The lowest BCUT2D eigenvalue weighted by atomic mass is 10.1. The van der Waals surface area contributed by atoms with Crippen molar-refractivity contribution in [2.75, 3.05) is 7.11 Å². The Labute approximate surface area is 85.1 Å². The van der Waals surface area contributed by atoms with Gasteiger partial charge in [0.05, 0.1) is 18.2 Å². The van der Waals surface area contributed by atoms with Crippen LogP contribution in [-0.2, 0) is 0 Å². The molecule has 0 spiro atoms. The summed E-state index contributed by atoms with van der Waals surface area (Å²) < 4.78 is 30.0. The van der Waals surface area contributed by atoms with Gasteiger partial charge < -0.3 is 10.5 Å². The third kappa shape index (κ3) is 2.03. The van der Waals surface area contributed by atoms with E-state index in [1.54, 1.807) is 0 Å². The minimum atomic E-state index is -2.76. The number of pyridine rings is 1. The Hall–Kier alpha value is -1.72. The minimum absolute atomic E-state index is 0.0221. The second-order valence-electron chi connectivity index (χ2n) is 2.88. The van der Waals surface area contributed by atoms with Crippen LogP contribution in [-0.4, -0.2) is 18.0 Å². The van der Waals surface area contributed by atoms with Crippen LogP contribution in [0, 0.1) is 6.92 Å². The van der Waals surface area contributed by atoms with E-state index in [9.17, 15) is 13.6 Å². The molecule has 0 aliphatic carbocycles. The number of primary amides is 1. The summed E-state index contributed by atoms with van der Waals surface area (Å²) in [7, 11) is 1.23. The van der Waals surface area contributed by atoms with Crippen LogP contribution < -0.4 is 10.5 Å². The summed E-state index contributed by atoms with van der Waals surface area (Å²) in [4.78, 5) is 14.5. The molecule has 0 aromatic carbocycles. The maximum Gasteiger partial charge on any atom is 0.269 e. The number of halogens is 2. The normalized spacial score (nSPS) is 10.5. The van der Waals surface area contributed by atoms with Crippen molar-refractivity contribution < 1.29 is 18.3 Å². The lowest BCUT2D eigenvalue weighted by molar-refractivity contribution is 0.0998. The molecule has 0 bridgehead atoms. The van der Waals surface area contributed by atoms with Crippen molar-refractivity contribution in [1.82, 2.24) is 4.98 Å². The number of ether oxygens (including phenoxy) is 1. The number of hydrogen-bond donors (Lipinski definition) is 1. The van der Waals surface area contributed by atoms with Gasteiger partial charge in [0.2, 0.25) is 5.88 Å². The molecule has 1 heterocycles. The highest BCUT2D eigenvalue weighted by Gasteiger charge is 2.22. The van der Waals surface area contributed by atoms with Crippen LogP contribution in [0.15, 0.2) is 6.20 Å². The van der Waals surface area contributed by atoms with Crippen molar-refractivity contribution in [2.24, 2.45) is 5.73 Å². The van der Waals surface area contributed by atoms with Crippen LogP contribution in [0.5, 0.6) is 5.88 Å². The molecule has 0 radical (unpaired) electrons. The van der Waals surface area contributed by atoms with E-state index in [4.69, 9.17) is 5.73 Å². The summed E-state index contributed by atoms with van der Waals surface area (Å²) in [5.41, 5.74) is 4.69. The minimum Gasteiger partial charge on any atom is -0.481 e. The third-order valence-corrected chi connectivity index (χ3v) is 2.03. The second-order valence-corrected chi connectivity index (χ2v) is 2.88. The van der Waals surface area contributed by atoms with Gasteiger partial charge in [-0.25, -0.2) is 13.8 Å². The Morgan fingerprint density at radius 3 is 2.60 bits per heavy atom. The molecular formula is C9H10F2N2O2. The van der Waals surface area contributed by atoms with Crippen LogP contribution in [0.2, 0.25) is 0 Å². The fourth-order valence-electron chi connectivity index (χ4n) is 1.26. The molecule has 6 heteroatoms. The first-order valence-electron chi connectivity index (χ1n) is 4.10. The number of rotatable bonds is 3. The zero-order valence-corrected chi connectivity index (χ0v) is 8.25. The molecule has 0 unspecified atom stereocenters. The van der Waals surface area contributed by atoms with Gasteiger partial charge in [-0.15, -0.1) is 0 Å². The predicted molar refractivity (Wildman–Crippen MR) is 49.0 cm³/mol. The van der Waals surface area contributed by atoms with Gasteiger partial charge in [-0.1, -0.05) is 0 Å². The van der Waals surface area contributed by atoms with Gasteiger partial charge >= 0.3 is 0 Å². The number of amides is 1. The van der Waals surface area contributed by atoms with Gasteiger partial charge in [0.1, 0.15) is 0 Å². The van der Waals surface area contributed by atoms with E-state index >= 15 is 0 Å². The highest BCUT2D eigenvalue weighted by atomic mass is 19.3. The maximum atomic E-state index is 12.6. The largest absolute Gasteiger partial charge is 0.481 e. The monoisotopic (exact) mass is 216 g/mol. The lowest BCUT2D eigenvalue weighted by Gasteiger charge is -2.11. The molecule has 1 aromatic heterocycles. The summed E-state index contributed by atoms with van der Waals surface area (Å²) in [5.74, 6) is -0.975. The Morgan fingerprint density at radius 1 is 1.60 bits per heavy atom. The molecule has 1 aromatic rings. The average Bonchev–Trinajstić information content (AvgIpc) is 2.15. The molecule has 0 atom stereocenters. The zero-order valence-electron chi connectivity index (χ0n) is 8.25. The van der Waals surface area contributed by atoms with Gasteiger partial charge in [0.15, 0.2) is 0 Å². The summed E-state index contributed by atoms with van der Waals surface area (Å²) in [6, 6.07) is 0. The quantitative estimate of drug-likeness (QED) is 0.831. The molecule has 0 aliphatic heterocycles. The van der Waals surface area contributed by atoms with Crippen molar-refractivity contribution in [3.63, 3.8) is 0 Å². The van der Waals surface area contributed by atoms with Crippen LogP contribution >= 0.6 is 0 Å². The first kappa shape index (κ1) is 11.4. The van der Waals surface area contributed by atoms with Gasteiger partial charge in [-0.2, -0.15) is 0 Å². The first-order chi connectivity index (χ1) is 6.99. The molecule has 0 saturated heterocycles. The molecule has 1 amide bonds. The van der Waals surface area contributed by atoms with Crippen molar-refractivity contribution in [2.45, 2.75) is 13.3 Å². The Kier molecular flexibility index (Phi) is 3.18. The third-order valence-electron chi connectivity index (χ3n) is 2.03. The topological polar surface area (TPSA) is 65.2 Å². The smallest absolute Gasteiger partial charge is 0.269 e. The molecule has 15 heavy (non-hydrogen) atoms. The molecule has 0 saturated carbocycles. The summed E-state index contributed by atoms with van der Waals surface area (Å²) >= 11 is 0. The second kappa shape index (κ2) is 4.20. The van der Waals surface area contributed by atoms with Crippen LogP contribution in [0.25, 0.3) is 0 Å². The van der Waals surface area contributed by atoms with Crippen molar-refractivity contribution in [3.05, 3.63) is 22.9 Å². The summed E-state index contributed by atoms with van der Waals surface area (Å²) in [6.45, 7) is 1.38. The van der Waals surface area contributed by atoms with Crippen molar-refractivity contribution >= 4 is 5.91 Å². The molecule has 0 aliphatic rings. The van der Waals surface area contributed by atoms with Crippen LogP contribution in [0.1, 0.15) is 27.9 Å². The van der Waals surface area contributed by atoms with Gasteiger partial charge in [-0.3, -0.25) is 4.79 Å². The van der Waals surface area contributed by atoms with E-state index in [2.05, 4.69) is 9.72 Å². The first-order valence-corrected chi connectivity index (χ1v) is 4.10. The Morgan fingerprint density at radius 2 is 2.20 bits per heavy atom. The Bertz CT molecular complexity index is 394. The number of nitrogens with two attached hydrogens (primary N) is 1. The van der Waals surface area contributed by atoms with E-state index in [0.717, 1.165) is 6.20 Å². The van der Waals surface area contributed by atoms with E-state index in [1.807, 2.05) is 0 Å². The maximum absolute atomic E-state index is 12.6. The lowest BCUT2D eigenvalue weighted by Crippen LogP contribution is -2.15. The average molecular weight is 216 g/mol. The van der Waals surface area contributed by atoms with Crippen LogP contribution in [0.3, 0.4) is 0 Å². The van der Waals surface area contributed by atoms with Crippen molar-refractivity contribution in [1.29, 1.82) is 0 Å². The molecule has 2 N–H and O–H groups in total. The number of hydrogen-bond acceptors (Lipinski definition) is 3. The number of carbonyl (C=O) groups is 1. The number of aromatic nitrogens is 1. The van der Waals surface area contributed by atoms with E-state index in [0.29, 0.717) is 0 Å². The summed E-state index contributed by atoms with van der Waals surface area (Å²) in [5, 5.41) is 0. The molecule has 82 valence electrons. The highest BCUT2D eigenvalue weighted by Crippen LogP contribution is 2.31. The fourth-order valence-corrected chi connectivity index (χ4v) is 1.26. The Balaban J connectivity index is 3.42. The van der Waals surface area contributed by atoms with E-state index in [1.165, 1.54) is 14.0 Å². The van der Waals surface area contributed by atoms with Gasteiger partial charge in [0, 0.05) is 6.20 Å². The van der Waals surface area contributed by atoms with Gasteiger partial charge in [0.25, 0.3) is 12.3 Å². The standard InChI is InChI=1S/C9H10F2N2O2/c1-4-5(8(12)14)3-13-9(15-2)6(4)7(10)11/h3,7H,1-2H3,(H2,12,14). The number of carbonyl (C=O) groups excluding carboxylic acids is 1. The molecule has 4 nitrogen and oxygen atoms in total. The van der Waals surface area contributed by atoms with E-state index < -0.39 is 17.9 Å². The number of methoxy groups -OCH3 is 1. The molecular weight excluding hydrogens is 206 g/mol. The SMILES string of the molecule is COc1ncc(C(N)=O)c(C)c1C(F)F.